The molecule has 1 N–H and O–H groups in total. The average molecular weight is 266 g/mol. The predicted molar refractivity (Wildman–Crippen MR) is 67.6 cm³/mol. The molecule has 2 aromatic rings. The van der Waals surface area contributed by atoms with Crippen LogP contribution in [0.4, 0.5) is 5.69 Å². The maximum atomic E-state index is 11.7. The van der Waals surface area contributed by atoms with Gasteiger partial charge in [-0.1, -0.05) is 22.8 Å². The number of halogens is 1. The molecule has 0 atom stereocenters. The molecule has 1 aromatic heterocycles. The van der Waals surface area contributed by atoms with Crippen LogP contribution in [0.1, 0.15) is 17.3 Å². The minimum atomic E-state index is -0.212. The molecule has 1 aromatic carbocycles. The number of aryl methyl sites for hydroxylation is 2. The molecule has 0 saturated carbocycles. The van der Waals surface area contributed by atoms with Crippen molar-refractivity contribution in [3.63, 3.8) is 0 Å². The SMILES string of the molecule is Cc1nc(CC(=O)Nc2ccc(C)c(Cl)c2)no1. The smallest absolute Gasteiger partial charge is 0.232 e. The molecule has 2 rings (SSSR count). The first kappa shape index (κ1) is 12.6. The number of nitrogens with one attached hydrogen (secondary N) is 1. The van der Waals surface area contributed by atoms with Gasteiger partial charge in [-0.05, 0) is 24.6 Å². The Kier molecular flexibility index (Phi) is 3.62. The lowest BCUT2D eigenvalue weighted by molar-refractivity contribution is -0.115. The van der Waals surface area contributed by atoms with Crippen LogP contribution in [0, 0.1) is 13.8 Å². The van der Waals surface area contributed by atoms with E-state index >= 15 is 0 Å². The molecule has 0 aliphatic heterocycles. The largest absolute Gasteiger partial charge is 0.340 e. The van der Waals surface area contributed by atoms with Crippen molar-refractivity contribution in [1.82, 2.24) is 10.1 Å². The van der Waals surface area contributed by atoms with Crippen molar-refractivity contribution in [2.24, 2.45) is 0 Å². The molecule has 0 aliphatic rings. The standard InChI is InChI=1S/C12H12ClN3O2/c1-7-3-4-9(5-10(7)13)15-12(17)6-11-14-8(2)18-16-11/h3-5H,6H2,1-2H3,(H,15,17). The fourth-order valence-corrected chi connectivity index (χ4v) is 1.61. The van der Waals surface area contributed by atoms with Gasteiger partial charge >= 0.3 is 0 Å². The number of benzene rings is 1. The summed E-state index contributed by atoms with van der Waals surface area (Å²) < 4.78 is 4.79. The summed E-state index contributed by atoms with van der Waals surface area (Å²) in [6.07, 6.45) is 0.0723. The Morgan fingerprint density at radius 2 is 2.22 bits per heavy atom. The highest BCUT2D eigenvalue weighted by molar-refractivity contribution is 6.31. The predicted octanol–water partition coefficient (Wildman–Crippen LogP) is 2.52. The Labute approximate surface area is 109 Å². The van der Waals surface area contributed by atoms with Crippen molar-refractivity contribution in [2.75, 3.05) is 5.32 Å². The second-order valence-electron chi connectivity index (χ2n) is 3.92. The van der Waals surface area contributed by atoms with Crippen LogP contribution in [-0.2, 0) is 11.2 Å². The summed E-state index contributed by atoms with van der Waals surface area (Å²) in [5.74, 6) is 0.593. The van der Waals surface area contributed by atoms with E-state index in [1.807, 2.05) is 13.0 Å². The zero-order chi connectivity index (χ0) is 13.1. The van der Waals surface area contributed by atoms with E-state index in [0.29, 0.717) is 22.4 Å². The lowest BCUT2D eigenvalue weighted by atomic mass is 10.2. The summed E-state index contributed by atoms with van der Waals surface area (Å²) in [6.45, 7) is 3.57. The Morgan fingerprint density at radius 1 is 1.44 bits per heavy atom. The first-order chi connectivity index (χ1) is 8.54. The van der Waals surface area contributed by atoms with E-state index in [4.69, 9.17) is 16.1 Å². The molecule has 0 aliphatic carbocycles. The van der Waals surface area contributed by atoms with Gasteiger partial charge < -0.3 is 9.84 Å². The van der Waals surface area contributed by atoms with Gasteiger partial charge in [0.05, 0.1) is 6.42 Å². The van der Waals surface area contributed by atoms with E-state index in [1.165, 1.54) is 0 Å². The number of carbonyl (C=O) groups is 1. The van der Waals surface area contributed by atoms with Crippen LogP contribution in [0.2, 0.25) is 5.02 Å². The Hall–Kier alpha value is -1.88. The van der Waals surface area contributed by atoms with E-state index in [0.717, 1.165) is 5.56 Å². The molecule has 5 nitrogen and oxygen atoms in total. The molecule has 0 fully saturated rings. The third-order valence-electron chi connectivity index (χ3n) is 2.34. The van der Waals surface area contributed by atoms with Gasteiger partial charge in [0.25, 0.3) is 0 Å². The minimum absolute atomic E-state index is 0.0723. The van der Waals surface area contributed by atoms with E-state index in [-0.39, 0.29) is 12.3 Å². The van der Waals surface area contributed by atoms with Crippen LogP contribution in [0.5, 0.6) is 0 Å². The van der Waals surface area contributed by atoms with Crippen molar-refractivity contribution in [1.29, 1.82) is 0 Å². The summed E-state index contributed by atoms with van der Waals surface area (Å²) in [7, 11) is 0. The highest BCUT2D eigenvalue weighted by atomic mass is 35.5. The first-order valence-electron chi connectivity index (χ1n) is 5.40. The van der Waals surface area contributed by atoms with Crippen molar-refractivity contribution < 1.29 is 9.32 Å². The second kappa shape index (κ2) is 5.18. The molecule has 6 heteroatoms. The normalized spacial score (nSPS) is 10.4. The van der Waals surface area contributed by atoms with Crippen LogP contribution in [0.25, 0.3) is 0 Å². The van der Waals surface area contributed by atoms with Crippen LogP contribution in [0.15, 0.2) is 22.7 Å². The summed E-state index contributed by atoms with van der Waals surface area (Å²) in [4.78, 5) is 15.7. The molecule has 0 spiro atoms. The number of nitrogens with zero attached hydrogens (tertiary/aromatic N) is 2. The molecule has 0 saturated heterocycles. The van der Waals surface area contributed by atoms with Gasteiger partial charge in [-0.15, -0.1) is 0 Å². The third-order valence-corrected chi connectivity index (χ3v) is 2.75. The van der Waals surface area contributed by atoms with Crippen molar-refractivity contribution in [3.05, 3.63) is 40.5 Å². The molecular formula is C12H12ClN3O2. The lowest BCUT2D eigenvalue weighted by Crippen LogP contribution is -2.15. The monoisotopic (exact) mass is 265 g/mol. The maximum Gasteiger partial charge on any atom is 0.232 e. The molecule has 1 heterocycles. The number of carbonyl (C=O) groups excluding carboxylic acids is 1. The number of rotatable bonds is 3. The molecule has 94 valence electrons. The van der Waals surface area contributed by atoms with Gasteiger partial charge in [0.2, 0.25) is 11.8 Å². The van der Waals surface area contributed by atoms with Gasteiger partial charge in [0.1, 0.15) is 0 Å². The average Bonchev–Trinajstić information content (AvgIpc) is 2.69. The Bertz CT molecular complexity index is 580. The summed E-state index contributed by atoms with van der Waals surface area (Å²) in [5.41, 5.74) is 1.61. The molecule has 18 heavy (non-hydrogen) atoms. The van der Waals surface area contributed by atoms with Gasteiger partial charge in [0, 0.05) is 17.6 Å². The quantitative estimate of drug-likeness (QED) is 0.926. The van der Waals surface area contributed by atoms with E-state index in [9.17, 15) is 4.79 Å². The molecule has 0 bridgehead atoms. The topological polar surface area (TPSA) is 68.0 Å². The van der Waals surface area contributed by atoms with Gasteiger partial charge in [-0.2, -0.15) is 4.98 Å². The Balaban J connectivity index is 2.00. The molecule has 0 unspecified atom stereocenters. The molecule has 0 radical (unpaired) electrons. The van der Waals surface area contributed by atoms with Gasteiger partial charge in [0.15, 0.2) is 5.82 Å². The van der Waals surface area contributed by atoms with E-state index in [2.05, 4.69) is 15.5 Å². The van der Waals surface area contributed by atoms with Crippen LogP contribution < -0.4 is 5.32 Å². The van der Waals surface area contributed by atoms with Crippen molar-refractivity contribution in [3.8, 4) is 0 Å². The molecule has 1 amide bonds. The van der Waals surface area contributed by atoms with Crippen molar-refractivity contribution in [2.45, 2.75) is 20.3 Å². The minimum Gasteiger partial charge on any atom is -0.340 e. The Morgan fingerprint density at radius 3 is 2.83 bits per heavy atom. The number of anilines is 1. The van der Waals surface area contributed by atoms with E-state index in [1.54, 1.807) is 19.1 Å². The van der Waals surface area contributed by atoms with Crippen LogP contribution in [-0.4, -0.2) is 16.0 Å². The fraction of sp³-hybridized carbons (Fsp3) is 0.250. The summed E-state index contributed by atoms with van der Waals surface area (Å²) in [5, 5.41) is 6.99. The number of hydrogen-bond acceptors (Lipinski definition) is 4. The summed E-state index contributed by atoms with van der Waals surface area (Å²) >= 11 is 5.97. The third kappa shape index (κ3) is 3.07. The lowest BCUT2D eigenvalue weighted by Gasteiger charge is -2.05. The highest BCUT2D eigenvalue weighted by Crippen LogP contribution is 2.19. The fourth-order valence-electron chi connectivity index (χ4n) is 1.43. The number of aromatic nitrogens is 2. The van der Waals surface area contributed by atoms with Crippen molar-refractivity contribution >= 4 is 23.2 Å². The van der Waals surface area contributed by atoms with Gasteiger partial charge in [-0.3, -0.25) is 4.79 Å². The summed E-state index contributed by atoms with van der Waals surface area (Å²) in [6, 6.07) is 5.34. The number of amides is 1. The van der Waals surface area contributed by atoms with Gasteiger partial charge in [-0.25, -0.2) is 0 Å². The molecular weight excluding hydrogens is 254 g/mol. The van der Waals surface area contributed by atoms with Crippen LogP contribution in [0.3, 0.4) is 0 Å². The zero-order valence-electron chi connectivity index (χ0n) is 10.0. The second-order valence-corrected chi connectivity index (χ2v) is 4.33. The van der Waals surface area contributed by atoms with Crippen LogP contribution >= 0.6 is 11.6 Å². The maximum absolute atomic E-state index is 11.7. The van der Waals surface area contributed by atoms with E-state index < -0.39 is 0 Å². The first-order valence-corrected chi connectivity index (χ1v) is 5.77. The zero-order valence-corrected chi connectivity index (χ0v) is 10.8. The highest BCUT2D eigenvalue weighted by Gasteiger charge is 2.09. The number of hydrogen-bond donors (Lipinski definition) is 1.